The Morgan fingerprint density at radius 3 is 2.00 bits per heavy atom. The van der Waals surface area contributed by atoms with Crippen LogP contribution in [0.3, 0.4) is 0 Å². The fourth-order valence-electron chi connectivity index (χ4n) is 0.815. The van der Waals surface area contributed by atoms with Crippen molar-refractivity contribution in [3.05, 3.63) is 0 Å². The van der Waals surface area contributed by atoms with Gasteiger partial charge in [-0.25, -0.2) is 0 Å². The highest BCUT2D eigenvalue weighted by atomic mass is 16.4. The zero-order valence-corrected chi connectivity index (χ0v) is 7.32. The van der Waals surface area contributed by atoms with Crippen molar-refractivity contribution in [2.45, 2.75) is 23.9 Å². The first kappa shape index (κ1) is 13.4. The molecule has 0 aromatic heterocycles. The van der Waals surface area contributed by atoms with Crippen LogP contribution in [-0.4, -0.2) is 74.1 Å². The predicted molar refractivity (Wildman–Crippen MR) is 43.2 cm³/mol. The number of aliphatic hydroxyl groups excluding tert-OH is 5. The Morgan fingerprint density at radius 1 is 1.21 bits per heavy atom. The molecule has 7 heteroatoms. The summed E-state index contributed by atoms with van der Waals surface area (Å²) < 4.78 is 0. The van der Waals surface area contributed by atoms with E-state index in [1.165, 1.54) is 0 Å². The molecular formula is C7H14O7. The topological polar surface area (TPSA) is 138 Å². The lowest BCUT2D eigenvalue weighted by Gasteiger charge is -2.30. The first-order chi connectivity index (χ1) is 6.42. The average molecular weight is 210 g/mol. The number of hydrogen-bond acceptors (Lipinski definition) is 7. The maximum absolute atomic E-state index is 10.3. The molecule has 4 atom stereocenters. The zero-order chi connectivity index (χ0) is 11.4. The van der Waals surface area contributed by atoms with Crippen molar-refractivity contribution in [2.75, 3.05) is 13.2 Å². The van der Waals surface area contributed by atoms with Crippen LogP contribution in [0.5, 0.6) is 0 Å². The van der Waals surface area contributed by atoms with E-state index >= 15 is 0 Å². The van der Waals surface area contributed by atoms with E-state index in [-0.39, 0.29) is 6.29 Å². The largest absolute Gasteiger partial charge is 0.394 e. The molecular weight excluding hydrogens is 196 g/mol. The molecule has 0 aliphatic rings. The van der Waals surface area contributed by atoms with Crippen molar-refractivity contribution in [3.8, 4) is 0 Å². The fourth-order valence-corrected chi connectivity index (χ4v) is 0.815. The van der Waals surface area contributed by atoms with Crippen LogP contribution in [0, 0.1) is 0 Å². The number of carbonyl (C=O) groups excluding carboxylic acids is 1. The molecule has 84 valence electrons. The molecule has 0 aromatic rings. The van der Waals surface area contributed by atoms with Gasteiger partial charge in [0.05, 0.1) is 13.2 Å². The van der Waals surface area contributed by atoms with E-state index < -0.39 is 37.1 Å². The Hall–Kier alpha value is -0.570. The highest BCUT2D eigenvalue weighted by Crippen LogP contribution is 2.13. The summed E-state index contributed by atoms with van der Waals surface area (Å²) in [6.07, 6.45) is -5.86. The van der Waals surface area contributed by atoms with Crippen LogP contribution in [0.2, 0.25) is 0 Å². The molecule has 0 aromatic carbocycles. The number of aldehydes is 1. The summed E-state index contributed by atoms with van der Waals surface area (Å²) in [5.74, 6) is 0. The summed E-state index contributed by atoms with van der Waals surface area (Å²) >= 11 is 0. The van der Waals surface area contributed by atoms with Crippen LogP contribution in [0.25, 0.3) is 0 Å². The predicted octanol–water partition coefficient (Wildman–Crippen LogP) is -4.02. The first-order valence-corrected chi connectivity index (χ1v) is 3.87. The van der Waals surface area contributed by atoms with Crippen molar-refractivity contribution in [1.82, 2.24) is 0 Å². The smallest absolute Gasteiger partial charge is 0.171 e. The van der Waals surface area contributed by atoms with Gasteiger partial charge in [0, 0.05) is 0 Å². The maximum atomic E-state index is 10.3. The van der Waals surface area contributed by atoms with Crippen molar-refractivity contribution in [1.29, 1.82) is 0 Å². The fraction of sp³-hybridized carbons (Fsp3) is 0.857. The van der Waals surface area contributed by atoms with Crippen LogP contribution in [-0.2, 0) is 4.79 Å². The molecule has 0 amide bonds. The van der Waals surface area contributed by atoms with Crippen LogP contribution >= 0.6 is 0 Å². The lowest BCUT2D eigenvalue weighted by Crippen LogP contribution is -2.56. The van der Waals surface area contributed by atoms with E-state index in [2.05, 4.69) is 0 Å². The minimum atomic E-state index is -2.55. The van der Waals surface area contributed by atoms with Gasteiger partial charge in [0.15, 0.2) is 11.9 Å². The van der Waals surface area contributed by atoms with Gasteiger partial charge in [-0.2, -0.15) is 0 Å². The molecule has 0 spiro atoms. The van der Waals surface area contributed by atoms with Gasteiger partial charge >= 0.3 is 0 Å². The molecule has 0 fully saturated rings. The Kier molecular flexibility index (Phi) is 5.13. The van der Waals surface area contributed by atoms with Crippen LogP contribution in [0.4, 0.5) is 0 Å². The van der Waals surface area contributed by atoms with Crippen molar-refractivity contribution in [3.63, 3.8) is 0 Å². The average Bonchev–Trinajstić information content (AvgIpc) is 2.24. The summed E-state index contributed by atoms with van der Waals surface area (Å²) in [6.45, 7) is -1.95. The third-order valence-corrected chi connectivity index (χ3v) is 1.87. The monoisotopic (exact) mass is 210 g/mol. The van der Waals surface area contributed by atoms with E-state index in [9.17, 15) is 15.0 Å². The number of rotatable bonds is 6. The minimum absolute atomic E-state index is 0.148. The summed E-state index contributed by atoms with van der Waals surface area (Å²) in [5.41, 5.74) is -2.55. The molecule has 0 aliphatic heterocycles. The standard InChI is InChI=1S/C7H14O7/c8-1-4(11)5(12)6(13)7(14,2-9)3-10/h2,4-6,8,10-14H,1,3H2/t4-,5-,6+,7+/m1/s1. The Balaban J connectivity index is 4.57. The third-order valence-electron chi connectivity index (χ3n) is 1.87. The molecule has 0 rings (SSSR count). The third kappa shape index (κ3) is 2.71. The van der Waals surface area contributed by atoms with E-state index in [1.54, 1.807) is 0 Å². The summed E-state index contributed by atoms with van der Waals surface area (Å²) in [4.78, 5) is 10.3. The van der Waals surface area contributed by atoms with Gasteiger partial charge < -0.3 is 30.6 Å². The Morgan fingerprint density at radius 2 is 1.71 bits per heavy atom. The second kappa shape index (κ2) is 5.35. The van der Waals surface area contributed by atoms with Gasteiger partial charge in [0.1, 0.15) is 18.3 Å². The molecule has 0 radical (unpaired) electrons. The first-order valence-electron chi connectivity index (χ1n) is 3.87. The molecule has 0 aliphatic carbocycles. The summed E-state index contributed by atoms with van der Waals surface area (Å²) in [7, 11) is 0. The summed E-state index contributed by atoms with van der Waals surface area (Å²) in [6, 6.07) is 0. The van der Waals surface area contributed by atoms with Crippen LogP contribution in [0.1, 0.15) is 0 Å². The number of aliphatic hydroxyl groups is 6. The van der Waals surface area contributed by atoms with Gasteiger partial charge in [-0.15, -0.1) is 0 Å². The maximum Gasteiger partial charge on any atom is 0.171 e. The lowest BCUT2D eigenvalue weighted by atomic mass is 9.92. The van der Waals surface area contributed by atoms with Crippen molar-refractivity contribution in [2.24, 2.45) is 0 Å². The highest BCUT2D eigenvalue weighted by Gasteiger charge is 2.41. The molecule has 0 unspecified atom stereocenters. The number of hydrogen-bond donors (Lipinski definition) is 6. The van der Waals surface area contributed by atoms with E-state index in [4.69, 9.17) is 20.4 Å². The Bertz CT molecular complexity index is 185. The molecule has 14 heavy (non-hydrogen) atoms. The van der Waals surface area contributed by atoms with E-state index in [1.807, 2.05) is 0 Å². The quantitative estimate of drug-likeness (QED) is 0.245. The Labute approximate surface area is 79.9 Å². The lowest BCUT2D eigenvalue weighted by molar-refractivity contribution is -0.173. The van der Waals surface area contributed by atoms with Gasteiger partial charge in [0.2, 0.25) is 0 Å². The van der Waals surface area contributed by atoms with Crippen LogP contribution in [0.15, 0.2) is 0 Å². The molecule has 6 N–H and O–H groups in total. The van der Waals surface area contributed by atoms with Crippen molar-refractivity contribution >= 4 is 6.29 Å². The van der Waals surface area contributed by atoms with E-state index in [0.29, 0.717) is 0 Å². The second-order valence-corrected chi connectivity index (χ2v) is 2.95. The van der Waals surface area contributed by atoms with Gasteiger partial charge in [-0.3, -0.25) is 4.79 Å². The van der Waals surface area contributed by atoms with Gasteiger partial charge in [-0.1, -0.05) is 0 Å². The van der Waals surface area contributed by atoms with Gasteiger partial charge in [-0.05, 0) is 0 Å². The molecule has 0 heterocycles. The van der Waals surface area contributed by atoms with E-state index in [0.717, 1.165) is 0 Å². The molecule has 0 saturated carbocycles. The number of carbonyl (C=O) groups is 1. The molecule has 7 nitrogen and oxygen atoms in total. The normalized spacial score (nSPS) is 22.1. The van der Waals surface area contributed by atoms with Crippen LogP contribution < -0.4 is 0 Å². The van der Waals surface area contributed by atoms with Crippen molar-refractivity contribution < 1.29 is 35.4 Å². The summed E-state index contributed by atoms with van der Waals surface area (Å²) in [5, 5.41) is 53.3. The zero-order valence-electron chi connectivity index (χ0n) is 7.32. The molecule has 0 saturated heterocycles. The highest BCUT2D eigenvalue weighted by molar-refractivity contribution is 5.63. The second-order valence-electron chi connectivity index (χ2n) is 2.95. The minimum Gasteiger partial charge on any atom is -0.394 e. The van der Waals surface area contributed by atoms with Gasteiger partial charge in [0.25, 0.3) is 0 Å². The SMILES string of the molecule is O=C[C@](O)(CO)[C@@H](O)[C@H](O)[C@H](O)CO. The molecule has 0 bridgehead atoms.